The molecule has 2 heterocycles. The van der Waals surface area contributed by atoms with Crippen molar-refractivity contribution in [2.24, 2.45) is 11.8 Å². The molecule has 0 saturated heterocycles. The number of alkyl halides is 4. The molecule has 1 fully saturated rings. The minimum Gasteiger partial charge on any atom is -0.481 e. The van der Waals surface area contributed by atoms with Crippen LogP contribution >= 0.6 is 11.3 Å². The first-order valence-corrected chi connectivity index (χ1v) is 12.1. The van der Waals surface area contributed by atoms with Crippen LogP contribution in [0.25, 0.3) is 10.4 Å². The summed E-state index contributed by atoms with van der Waals surface area (Å²) in [4.78, 5) is 23.5. The molecule has 0 spiro atoms. The van der Waals surface area contributed by atoms with Crippen LogP contribution in [0, 0.1) is 18.8 Å². The lowest BCUT2D eigenvalue weighted by Gasteiger charge is -2.36. The second kappa shape index (κ2) is 10.1. The van der Waals surface area contributed by atoms with Gasteiger partial charge in [-0.2, -0.15) is 13.2 Å². The number of thiazole rings is 1. The standard InChI is InChI=1S/C24H24F4N4O3S/c1-13-8-15(10-17(9-13)31-22-29-7-6-19(32-22)24(26,27)28)18-11-30-21(36-18)23(35,12-25)16-4-2-14(3-5-16)20(33)34/h6-11,14,16,35H,2-5,12H2,1H3,(H,33,34)(H,29,31,32)/t14?,16?,23-/m1/s1. The maximum Gasteiger partial charge on any atom is 0.433 e. The molecule has 36 heavy (non-hydrogen) atoms. The summed E-state index contributed by atoms with van der Waals surface area (Å²) in [5.41, 5.74) is -0.966. The first kappa shape index (κ1) is 26.0. The van der Waals surface area contributed by atoms with Crippen LogP contribution in [-0.4, -0.2) is 37.8 Å². The molecule has 0 aliphatic heterocycles. The number of aliphatic carboxylic acids is 1. The summed E-state index contributed by atoms with van der Waals surface area (Å²) < 4.78 is 53.1. The molecule has 1 aromatic carbocycles. The molecule has 0 amide bonds. The van der Waals surface area contributed by atoms with Gasteiger partial charge in [-0.05, 0) is 67.9 Å². The van der Waals surface area contributed by atoms with Crippen molar-refractivity contribution in [1.82, 2.24) is 15.0 Å². The van der Waals surface area contributed by atoms with Crippen LogP contribution in [0.5, 0.6) is 0 Å². The Balaban J connectivity index is 1.57. The number of aromatic nitrogens is 3. The third-order valence-electron chi connectivity index (χ3n) is 6.40. The van der Waals surface area contributed by atoms with Gasteiger partial charge < -0.3 is 15.5 Å². The normalized spacial score (nSPS) is 20.1. The average Bonchev–Trinajstić information content (AvgIpc) is 3.34. The van der Waals surface area contributed by atoms with E-state index in [4.69, 9.17) is 0 Å². The van der Waals surface area contributed by atoms with E-state index in [0.717, 1.165) is 29.2 Å². The molecule has 4 rings (SSSR count). The maximum absolute atomic E-state index is 14.2. The molecule has 0 bridgehead atoms. The van der Waals surface area contributed by atoms with Gasteiger partial charge in [0.25, 0.3) is 0 Å². The summed E-state index contributed by atoms with van der Waals surface area (Å²) >= 11 is 1.12. The lowest BCUT2D eigenvalue weighted by atomic mass is 9.74. The summed E-state index contributed by atoms with van der Waals surface area (Å²) in [5.74, 6) is -2.04. The molecular formula is C24H24F4N4O3S. The molecule has 12 heteroatoms. The molecule has 0 unspecified atom stereocenters. The van der Waals surface area contributed by atoms with Crippen molar-refractivity contribution >= 4 is 28.9 Å². The summed E-state index contributed by atoms with van der Waals surface area (Å²) in [6, 6.07) is 6.02. The number of nitrogens with zero attached hydrogens (tertiary/aromatic N) is 3. The van der Waals surface area contributed by atoms with Crippen molar-refractivity contribution < 1.29 is 32.6 Å². The van der Waals surface area contributed by atoms with Gasteiger partial charge in [0.15, 0.2) is 0 Å². The van der Waals surface area contributed by atoms with E-state index in [9.17, 15) is 32.6 Å². The predicted octanol–water partition coefficient (Wildman–Crippen LogP) is 5.72. The Bertz CT molecular complexity index is 1240. The van der Waals surface area contributed by atoms with Crippen molar-refractivity contribution in [3.63, 3.8) is 0 Å². The smallest absolute Gasteiger partial charge is 0.433 e. The first-order valence-electron chi connectivity index (χ1n) is 11.3. The van der Waals surface area contributed by atoms with Gasteiger partial charge in [0.05, 0.1) is 10.8 Å². The number of aliphatic hydroxyl groups is 1. The number of hydrogen-bond donors (Lipinski definition) is 3. The highest BCUT2D eigenvalue weighted by Crippen LogP contribution is 2.44. The van der Waals surface area contributed by atoms with Crippen LogP contribution in [0.4, 0.5) is 29.2 Å². The Morgan fingerprint density at radius 3 is 2.53 bits per heavy atom. The number of halogens is 4. The number of carboxylic acids is 1. The fourth-order valence-corrected chi connectivity index (χ4v) is 5.52. The number of hydrogen-bond acceptors (Lipinski definition) is 7. The van der Waals surface area contributed by atoms with Gasteiger partial charge in [-0.1, -0.05) is 6.07 Å². The van der Waals surface area contributed by atoms with Crippen LogP contribution in [0.1, 0.15) is 41.9 Å². The van der Waals surface area contributed by atoms with E-state index in [1.165, 1.54) is 6.20 Å². The van der Waals surface area contributed by atoms with E-state index in [1.807, 2.05) is 13.0 Å². The van der Waals surface area contributed by atoms with Crippen LogP contribution in [0.15, 0.2) is 36.7 Å². The highest BCUT2D eigenvalue weighted by atomic mass is 32.1. The number of aryl methyl sites for hydroxylation is 1. The molecule has 1 atom stereocenters. The lowest BCUT2D eigenvalue weighted by Crippen LogP contribution is -2.40. The first-order chi connectivity index (χ1) is 17.0. The quantitative estimate of drug-likeness (QED) is 0.339. The van der Waals surface area contributed by atoms with E-state index in [1.54, 1.807) is 12.1 Å². The zero-order valence-electron chi connectivity index (χ0n) is 19.2. The average molecular weight is 525 g/mol. The van der Waals surface area contributed by atoms with Crippen molar-refractivity contribution in [1.29, 1.82) is 0 Å². The summed E-state index contributed by atoms with van der Waals surface area (Å²) in [6.07, 6.45) is -0.578. The van der Waals surface area contributed by atoms with Crippen LogP contribution in [0.3, 0.4) is 0 Å². The predicted molar refractivity (Wildman–Crippen MR) is 126 cm³/mol. The molecule has 3 N–H and O–H groups in total. The molecule has 1 aliphatic rings. The molecular weight excluding hydrogens is 500 g/mol. The summed E-state index contributed by atoms with van der Waals surface area (Å²) in [6.45, 7) is 0.762. The summed E-state index contributed by atoms with van der Waals surface area (Å²) in [5, 5.41) is 23.4. The Hall–Kier alpha value is -3.12. The number of rotatable bonds is 7. The van der Waals surface area contributed by atoms with Gasteiger partial charge in [-0.25, -0.2) is 19.3 Å². The third-order valence-corrected chi connectivity index (χ3v) is 7.61. The van der Waals surface area contributed by atoms with E-state index in [-0.39, 0.29) is 11.0 Å². The summed E-state index contributed by atoms with van der Waals surface area (Å²) in [7, 11) is 0. The molecule has 2 aromatic heterocycles. The maximum atomic E-state index is 14.2. The van der Waals surface area contributed by atoms with Crippen LogP contribution < -0.4 is 5.32 Å². The van der Waals surface area contributed by atoms with Gasteiger partial charge in [0.1, 0.15) is 23.0 Å². The zero-order chi connectivity index (χ0) is 26.1. The highest BCUT2D eigenvalue weighted by molar-refractivity contribution is 7.15. The van der Waals surface area contributed by atoms with Crippen molar-refractivity contribution in [3.8, 4) is 10.4 Å². The molecule has 3 aromatic rings. The Morgan fingerprint density at radius 1 is 1.17 bits per heavy atom. The second-order valence-electron chi connectivity index (χ2n) is 8.95. The van der Waals surface area contributed by atoms with Crippen molar-refractivity contribution in [2.45, 2.75) is 44.4 Å². The molecule has 1 saturated carbocycles. The number of carboxylic acid groups (broad SMARTS) is 1. The number of nitrogens with one attached hydrogen (secondary N) is 1. The number of carbonyl (C=O) groups is 1. The van der Waals surface area contributed by atoms with Crippen LogP contribution in [-0.2, 0) is 16.6 Å². The van der Waals surface area contributed by atoms with Crippen molar-refractivity contribution in [3.05, 3.63) is 52.9 Å². The topological polar surface area (TPSA) is 108 Å². The van der Waals surface area contributed by atoms with Crippen molar-refractivity contribution in [2.75, 3.05) is 12.0 Å². The number of anilines is 2. The molecule has 7 nitrogen and oxygen atoms in total. The Kier molecular flexibility index (Phi) is 7.28. The van der Waals surface area contributed by atoms with Crippen LogP contribution in [0.2, 0.25) is 0 Å². The largest absolute Gasteiger partial charge is 0.481 e. The fraction of sp³-hybridized carbons (Fsp3) is 0.417. The van der Waals surface area contributed by atoms with Gasteiger partial charge in [0, 0.05) is 18.1 Å². The minimum absolute atomic E-state index is 0.205. The molecule has 1 aliphatic carbocycles. The number of benzene rings is 1. The third kappa shape index (κ3) is 5.49. The minimum atomic E-state index is -4.60. The molecule has 0 radical (unpaired) electrons. The SMILES string of the molecule is Cc1cc(Nc2nccc(C(F)(F)F)n2)cc(-c2cnc([C@@](O)(CF)C3CCC(C(=O)O)CC3)s2)c1. The Labute approximate surface area is 208 Å². The highest BCUT2D eigenvalue weighted by Gasteiger charge is 2.44. The van der Waals surface area contributed by atoms with Gasteiger partial charge in [-0.15, -0.1) is 11.3 Å². The Morgan fingerprint density at radius 2 is 1.89 bits per heavy atom. The van der Waals surface area contributed by atoms with E-state index in [0.29, 0.717) is 41.8 Å². The van der Waals surface area contributed by atoms with Gasteiger partial charge in [-0.3, -0.25) is 4.79 Å². The zero-order valence-corrected chi connectivity index (χ0v) is 20.0. The fourth-order valence-electron chi connectivity index (χ4n) is 4.47. The second-order valence-corrected chi connectivity index (χ2v) is 9.98. The lowest BCUT2D eigenvalue weighted by molar-refractivity contribution is -0.144. The van der Waals surface area contributed by atoms with Gasteiger partial charge >= 0.3 is 12.1 Å². The van der Waals surface area contributed by atoms with E-state index in [2.05, 4.69) is 20.3 Å². The molecule has 192 valence electrons. The monoisotopic (exact) mass is 524 g/mol. The van der Waals surface area contributed by atoms with Gasteiger partial charge in [0.2, 0.25) is 5.95 Å². The van der Waals surface area contributed by atoms with E-state index >= 15 is 0 Å². The van der Waals surface area contributed by atoms with E-state index < -0.39 is 42.0 Å².